The average Bonchev–Trinajstić information content (AvgIpc) is 3.19. The summed E-state index contributed by atoms with van der Waals surface area (Å²) in [6.07, 6.45) is 3.69. The molecule has 1 aliphatic heterocycles. The van der Waals surface area contributed by atoms with E-state index in [0.717, 1.165) is 32.5 Å². The van der Waals surface area contributed by atoms with Crippen LogP contribution in [0, 0.1) is 0 Å². The van der Waals surface area contributed by atoms with Gasteiger partial charge in [0.05, 0.1) is 0 Å². The van der Waals surface area contributed by atoms with Crippen LogP contribution in [0.15, 0.2) is 28.9 Å². The van der Waals surface area contributed by atoms with Crippen molar-refractivity contribution in [3.05, 3.63) is 30.3 Å². The number of nitrogens with zero attached hydrogens (tertiary/aromatic N) is 4. The van der Waals surface area contributed by atoms with Crippen LogP contribution in [0.2, 0.25) is 0 Å². The van der Waals surface area contributed by atoms with Crippen molar-refractivity contribution in [1.82, 2.24) is 25.3 Å². The Morgan fingerprint density at radius 3 is 2.85 bits per heavy atom. The lowest BCUT2D eigenvalue weighted by molar-refractivity contribution is -0.121. The largest absolute Gasteiger partial charge is 0.368 e. The number of hydrogen-bond donors (Lipinski definition) is 1. The molecule has 0 saturated carbocycles. The van der Waals surface area contributed by atoms with E-state index in [-0.39, 0.29) is 5.91 Å². The first-order chi connectivity index (χ1) is 12.7. The Hall–Kier alpha value is -2.32. The van der Waals surface area contributed by atoms with E-state index in [9.17, 15) is 4.79 Å². The molecular formula is C18H25N5O3. The Balaban J connectivity index is 1.63. The van der Waals surface area contributed by atoms with Gasteiger partial charge in [0.1, 0.15) is 11.3 Å². The lowest BCUT2D eigenvalue weighted by atomic mass is 9.90. The van der Waals surface area contributed by atoms with Gasteiger partial charge in [0, 0.05) is 45.9 Å². The smallest absolute Gasteiger partial charge is 0.259 e. The highest BCUT2D eigenvalue weighted by molar-refractivity contribution is 5.75. The van der Waals surface area contributed by atoms with Gasteiger partial charge in [-0.1, -0.05) is 11.2 Å². The molecule has 8 nitrogen and oxygen atoms in total. The number of amides is 1. The van der Waals surface area contributed by atoms with Crippen LogP contribution in [0.3, 0.4) is 0 Å². The summed E-state index contributed by atoms with van der Waals surface area (Å²) in [5.41, 5.74) is 0.0930. The molecule has 3 heterocycles. The molecule has 140 valence electrons. The first-order valence-electron chi connectivity index (χ1n) is 8.96. The normalized spacial score (nSPS) is 17.2. The van der Waals surface area contributed by atoms with Crippen molar-refractivity contribution in [2.75, 3.05) is 33.3 Å². The molecule has 26 heavy (non-hydrogen) atoms. The Labute approximate surface area is 152 Å². The van der Waals surface area contributed by atoms with Crippen molar-refractivity contribution in [2.24, 2.45) is 0 Å². The number of carbonyl (C=O) groups is 1. The van der Waals surface area contributed by atoms with Crippen LogP contribution in [0.5, 0.6) is 0 Å². The van der Waals surface area contributed by atoms with E-state index in [4.69, 9.17) is 9.26 Å². The maximum atomic E-state index is 11.6. The molecule has 0 aliphatic carbocycles. The Kier molecular flexibility index (Phi) is 5.95. The van der Waals surface area contributed by atoms with E-state index in [0.29, 0.717) is 30.4 Å². The number of methoxy groups -OCH3 is 1. The standard InChI is InChI=1S/C18H25N5O3/c1-3-19-15(24)7-11-23-12-8-18(25-2,9-13-23)17-21-16(22-26-17)14-6-4-5-10-20-14/h4-6,10H,3,7-9,11-13H2,1-2H3,(H,19,24). The number of carbonyl (C=O) groups excluding carboxylic acids is 1. The fourth-order valence-electron chi connectivity index (χ4n) is 3.20. The lowest BCUT2D eigenvalue weighted by Gasteiger charge is -2.38. The fraction of sp³-hybridized carbons (Fsp3) is 0.556. The number of aromatic nitrogens is 3. The molecule has 0 spiro atoms. The van der Waals surface area contributed by atoms with Gasteiger partial charge >= 0.3 is 0 Å². The number of likely N-dealkylation sites (tertiary alicyclic amines) is 1. The SMILES string of the molecule is CCNC(=O)CCN1CCC(OC)(c2nc(-c3ccccn3)no2)CC1. The van der Waals surface area contributed by atoms with Crippen LogP contribution < -0.4 is 5.32 Å². The summed E-state index contributed by atoms with van der Waals surface area (Å²) in [4.78, 5) is 22.7. The highest BCUT2D eigenvalue weighted by atomic mass is 16.5. The van der Waals surface area contributed by atoms with Crippen LogP contribution >= 0.6 is 0 Å². The van der Waals surface area contributed by atoms with E-state index in [1.54, 1.807) is 13.3 Å². The fourth-order valence-corrected chi connectivity index (χ4v) is 3.20. The van der Waals surface area contributed by atoms with Crippen molar-refractivity contribution in [3.63, 3.8) is 0 Å². The Morgan fingerprint density at radius 2 is 2.19 bits per heavy atom. The molecule has 0 radical (unpaired) electrons. The van der Waals surface area contributed by atoms with E-state index >= 15 is 0 Å². The van der Waals surface area contributed by atoms with E-state index < -0.39 is 5.60 Å². The number of pyridine rings is 1. The second-order valence-corrected chi connectivity index (χ2v) is 6.38. The second-order valence-electron chi connectivity index (χ2n) is 6.38. The Morgan fingerprint density at radius 1 is 1.38 bits per heavy atom. The van der Waals surface area contributed by atoms with Crippen molar-refractivity contribution in [2.45, 2.75) is 31.8 Å². The molecule has 1 aliphatic rings. The zero-order valence-corrected chi connectivity index (χ0v) is 15.3. The number of rotatable bonds is 7. The minimum Gasteiger partial charge on any atom is -0.368 e. The van der Waals surface area contributed by atoms with Crippen LogP contribution in [0.4, 0.5) is 0 Å². The van der Waals surface area contributed by atoms with Crippen molar-refractivity contribution in [3.8, 4) is 11.5 Å². The van der Waals surface area contributed by atoms with Crippen molar-refractivity contribution in [1.29, 1.82) is 0 Å². The maximum Gasteiger partial charge on any atom is 0.259 e. The highest BCUT2D eigenvalue weighted by Crippen LogP contribution is 2.36. The third-order valence-electron chi connectivity index (χ3n) is 4.79. The zero-order valence-electron chi connectivity index (χ0n) is 15.3. The topological polar surface area (TPSA) is 93.4 Å². The summed E-state index contributed by atoms with van der Waals surface area (Å²) < 4.78 is 11.3. The third-order valence-corrected chi connectivity index (χ3v) is 4.79. The minimum atomic E-state index is -0.581. The van der Waals surface area contributed by atoms with Gasteiger partial charge in [-0.2, -0.15) is 4.98 Å². The Bertz CT molecular complexity index is 711. The van der Waals surface area contributed by atoms with Gasteiger partial charge in [-0.3, -0.25) is 9.78 Å². The van der Waals surface area contributed by atoms with Gasteiger partial charge in [-0.05, 0) is 31.9 Å². The summed E-state index contributed by atoms with van der Waals surface area (Å²) in [7, 11) is 1.68. The van der Waals surface area contributed by atoms with Crippen LogP contribution in [-0.4, -0.2) is 59.2 Å². The monoisotopic (exact) mass is 359 g/mol. The van der Waals surface area contributed by atoms with Crippen molar-refractivity contribution >= 4 is 5.91 Å². The van der Waals surface area contributed by atoms with Crippen LogP contribution in [-0.2, 0) is 15.1 Å². The summed E-state index contributed by atoms with van der Waals surface area (Å²) in [6.45, 7) is 4.97. The predicted octanol–water partition coefficient (Wildman–Crippen LogP) is 1.60. The molecule has 3 rings (SSSR count). The van der Waals surface area contributed by atoms with Gasteiger partial charge in [0.25, 0.3) is 5.89 Å². The second kappa shape index (κ2) is 8.37. The summed E-state index contributed by atoms with van der Waals surface area (Å²) >= 11 is 0. The summed E-state index contributed by atoms with van der Waals surface area (Å²) in [5.74, 6) is 1.05. The number of piperidine rings is 1. The molecule has 0 aromatic carbocycles. The predicted molar refractivity (Wildman–Crippen MR) is 95.2 cm³/mol. The first kappa shape index (κ1) is 18.5. The summed E-state index contributed by atoms with van der Waals surface area (Å²) in [6, 6.07) is 5.58. The van der Waals surface area contributed by atoms with E-state index in [1.807, 2.05) is 25.1 Å². The molecule has 1 saturated heterocycles. The molecule has 2 aromatic heterocycles. The summed E-state index contributed by atoms with van der Waals surface area (Å²) in [5, 5.41) is 6.89. The lowest BCUT2D eigenvalue weighted by Crippen LogP contribution is -2.45. The maximum absolute atomic E-state index is 11.6. The van der Waals surface area contributed by atoms with E-state index in [2.05, 4.69) is 25.3 Å². The van der Waals surface area contributed by atoms with E-state index in [1.165, 1.54) is 0 Å². The quantitative estimate of drug-likeness (QED) is 0.802. The van der Waals surface area contributed by atoms with Crippen LogP contribution in [0.25, 0.3) is 11.5 Å². The first-order valence-corrected chi connectivity index (χ1v) is 8.96. The number of ether oxygens (including phenoxy) is 1. The molecule has 0 unspecified atom stereocenters. The molecule has 1 amide bonds. The minimum absolute atomic E-state index is 0.0907. The van der Waals surface area contributed by atoms with Gasteiger partial charge in [0.2, 0.25) is 11.7 Å². The molecule has 8 heteroatoms. The molecule has 2 aromatic rings. The number of hydrogen-bond acceptors (Lipinski definition) is 7. The molecule has 1 N–H and O–H groups in total. The van der Waals surface area contributed by atoms with Gasteiger partial charge in [0.15, 0.2) is 0 Å². The highest BCUT2D eigenvalue weighted by Gasteiger charge is 2.41. The molecule has 1 fully saturated rings. The average molecular weight is 359 g/mol. The van der Waals surface area contributed by atoms with Gasteiger partial charge in [-0.25, -0.2) is 0 Å². The zero-order chi connectivity index (χ0) is 18.4. The molecular weight excluding hydrogens is 334 g/mol. The number of nitrogens with one attached hydrogen (secondary N) is 1. The van der Waals surface area contributed by atoms with Gasteiger partial charge < -0.3 is 19.5 Å². The van der Waals surface area contributed by atoms with Crippen molar-refractivity contribution < 1.29 is 14.1 Å². The van der Waals surface area contributed by atoms with Gasteiger partial charge in [-0.15, -0.1) is 0 Å². The van der Waals surface area contributed by atoms with Crippen LogP contribution in [0.1, 0.15) is 32.1 Å². The third kappa shape index (κ3) is 4.08. The molecule has 0 atom stereocenters. The molecule has 0 bridgehead atoms.